The van der Waals surface area contributed by atoms with Crippen LogP contribution in [0, 0.1) is 5.92 Å². The van der Waals surface area contributed by atoms with E-state index in [9.17, 15) is 14.7 Å². The number of hydrogen-bond acceptors (Lipinski definition) is 4. The molecule has 1 saturated heterocycles. The number of piperidine rings is 1. The Hall–Kier alpha value is -2.24. The second kappa shape index (κ2) is 5.27. The van der Waals surface area contributed by atoms with E-state index < -0.39 is 17.9 Å². The van der Waals surface area contributed by atoms with Crippen LogP contribution in [0.4, 0.5) is 0 Å². The minimum absolute atomic E-state index is 0.00216. The summed E-state index contributed by atoms with van der Waals surface area (Å²) in [5, 5.41) is 9.47. The average Bonchev–Trinajstić information content (AvgIpc) is 2.93. The smallest absolute Gasteiger partial charge is 0.308 e. The lowest BCUT2D eigenvalue weighted by atomic mass is 9.84. The highest BCUT2D eigenvalue weighted by molar-refractivity contribution is 5.81. The Morgan fingerprint density at radius 3 is 2.86 bits per heavy atom. The summed E-state index contributed by atoms with van der Waals surface area (Å²) in [6, 6.07) is 4.91. The second-order valence-corrected chi connectivity index (χ2v) is 5.22. The number of ether oxygens (including phenoxy) is 2. The molecule has 1 aromatic carbocycles. The van der Waals surface area contributed by atoms with Crippen LogP contribution in [-0.4, -0.2) is 35.2 Å². The molecule has 1 fully saturated rings. The lowest BCUT2D eigenvalue weighted by molar-refractivity contribution is -0.151. The molecule has 0 radical (unpaired) electrons. The van der Waals surface area contributed by atoms with Crippen molar-refractivity contribution in [1.29, 1.82) is 0 Å². The van der Waals surface area contributed by atoms with Crippen molar-refractivity contribution in [3.05, 3.63) is 23.8 Å². The van der Waals surface area contributed by atoms with Gasteiger partial charge in [-0.05, 0) is 31.0 Å². The van der Waals surface area contributed by atoms with E-state index in [4.69, 9.17) is 9.47 Å². The number of likely N-dealkylation sites (tertiary alicyclic amines) is 1. The standard InChI is InChI=1S/C15H17NO5/c1-2-16-13(17)6-4-10(15(18)19)14(16)9-3-5-11-12(7-9)21-8-20-11/h3,5,7,10,14H,2,4,6,8H2,1H3,(H,18,19)/t10-,14+/m0/s1. The van der Waals surface area contributed by atoms with E-state index in [1.165, 1.54) is 0 Å². The van der Waals surface area contributed by atoms with Crippen LogP contribution >= 0.6 is 0 Å². The molecule has 3 rings (SSSR count). The van der Waals surface area contributed by atoms with Crippen LogP contribution in [0.5, 0.6) is 11.5 Å². The number of amides is 1. The van der Waals surface area contributed by atoms with Gasteiger partial charge in [0.25, 0.3) is 0 Å². The maximum absolute atomic E-state index is 12.1. The molecule has 2 atom stereocenters. The lowest BCUT2D eigenvalue weighted by Gasteiger charge is -2.39. The number of aliphatic carboxylic acids is 1. The number of rotatable bonds is 3. The highest BCUT2D eigenvalue weighted by Gasteiger charge is 2.40. The fourth-order valence-corrected chi connectivity index (χ4v) is 3.09. The summed E-state index contributed by atoms with van der Waals surface area (Å²) >= 11 is 0. The first-order valence-electron chi connectivity index (χ1n) is 7.03. The van der Waals surface area contributed by atoms with E-state index in [2.05, 4.69) is 0 Å². The molecule has 0 bridgehead atoms. The van der Waals surface area contributed by atoms with Gasteiger partial charge in [0.2, 0.25) is 12.7 Å². The number of carbonyl (C=O) groups is 2. The van der Waals surface area contributed by atoms with E-state index in [1.807, 2.05) is 13.0 Å². The Labute approximate surface area is 122 Å². The Morgan fingerprint density at radius 1 is 1.38 bits per heavy atom. The first-order valence-corrected chi connectivity index (χ1v) is 7.03. The number of carboxylic acids is 1. The highest BCUT2D eigenvalue weighted by Crippen LogP contribution is 2.41. The SMILES string of the molecule is CCN1C(=O)CC[C@H](C(=O)O)[C@H]1c1ccc2c(c1)OCO2. The molecular formula is C15H17NO5. The molecule has 0 unspecified atom stereocenters. The van der Waals surface area contributed by atoms with Crippen LogP contribution in [-0.2, 0) is 9.59 Å². The molecule has 6 heteroatoms. The van der Waals surface area contributed by atoms with Crippen molar-refractivity contribution < 1.29 is 24.2 Å². The topological polar surface area (TPSA) is 76.1 Å². The Kier molecular flexibility index (Phi) is 3.45. The molecule has 1 amide bonds. The Morgan fingerprint density at radius 2 is 2.14 bits per heavy atom. The van der Waals surface area contributed by atoms with Gasteiger partial charge in [0.1, 0.15) is 0 Å². The van der Waals surface area contributed by atoms with Gasteiger partial charge in [0.15, 0.2) is 11.5 Å². The quantitative estimate of drug-likeness (QED) is 0.919. The number of nitrogens with zero attached hydrogens (tertiary/aromatic N) is 1. The molecule has 0 aromatic heterocycles. The summed E-state index contributed by atoms with van der Waals surface area (Å²) in [6.07, 6.45) is 0.648. The van der Waals surface area contributed by atoms with E-state index in [0.29, 0.717) is 24.5 Å². The minimum Gasteiger partial charge on any atom is -0.481 e. The Balaban J connectivity index is 2.01. The second-order valence-electron chi connectivity index (χ2n) is 5.22. The number of hydrogen-bond donors (Lipinski definition) is 1. The third-order valence-electron chi connectivity index (χ3n) is 4.10. The van der Waals surface area contributed by atoms with Crippen LogP contribution in [0.2, 0.25) is 0 Å². The average molecular weight is 291 g/mol. The molecule has 0 aliphatic carbocycles. The summed E-state index contributed by atoms with van der Waals surface area (Å²) in [7, 11) is 0. The minimum atomic E-state index is -0.872. The maximum atomic E-state index is 12.1. The van der Waals surface area contributed by atoms with Gasteiger partial charge in [-0.15, -0.1) is 0 Å². The molecule has 2 heterocycles. The summed E-state index contributed by atoms with van der Waals surface area (Å²) in [5.74, 6) is -0.217. The van der Waals surface area contributed by atoms with Crippen LogP contribution in [0.25, 0.3) is 0 Å². The monoisotopic (exact) mass is 291 g/mol. The molecule has 0 spiro atoms. The predicted octanol–water partition coefficient (Wildman–Crippen LogP) is 1.80. The van der Waals surface area contributed by atoms with E-state index in [0.717, 1.165) is 5.56 Å². The molecule has 21 heavy (non-hydrogen) atoms. The van der Waals surface area contributed by atoms with Crippen molar-refractivity contribution in [2.75, 3.05) is 13.3 Å². The zero-order chi connectivity index (χ0) is 15.0. The van der Waals surface area contributed by atoms with Gasteiger partial charge in [-0.2, -0.15) is 0 Å². The van der Waals surface area contributed by atoms with Gasteiger partial charge < -0.3 is 19.5 Å². The molecule has 1 aromatic rings. The van der Waals surface area contributed by atoms with Crippen LogP contribution in [0.1, 0.15) is 31.4 Å². The van der Waals surface area contributed by atoms with Crippen molar-refractivity contribution >= 4 is 11.9 Å². The molecule has 1 N–H and O–H groups in total. The highest BCUT2D eigenvalue weighted by atomic mass is 16.7. The summed E-state index contributed by atoms with van der Waals surface area (Å²) < 4.78 is 10.6. The molecule has 6 nitrogen and oxygen atoms in total. The summed E-state index contributed by atoms with van der Waals surface area (Å²) in [4.78, 5) is 25.3. The number of fused-ring (bicyclic) bond motifs is 1. The van der Waals surface area contributed by atoms with Crippen LogP contribution in [0.3, 0.4) is 0 Å². The zero-order valence-corrected chi connectivity index (χ0v) is 11.7. The molecule has 0 saturated carbocycles. The number of carbonyl (C=O) groups excluding carboxylic acids is 1. The van der Waals surface area contributed by atoms with Crippen molar-refractivity contribution in [1.82, 2.24) is 4.90 Å². The number of benzene rings is 1. The maximum Gasteiger partial charge on any atom is 0.308 e. The largest absolute Gasteiger partial charge is 0.481 e. The van der Waals surface area contributed by atoms with Crippen molar-refractivity contribution in [3.8, 4) is 11.5 Å². The van der Waals surface area contributed by atoms with E-state index in [-0.39, 0.29) is 19.1 Å². The first kappa shape index (κ1) is 13.7. The van der Waals surface area contributed by atoms with Gasteiger partial charge in [0, 0.05) is 13.0 Å². The van der Waals surface area contributed by atoms with Crippen molar-refractivity contribution in [2.45, 2.75) is 25.8 Å². The normalized spacial score (nSPS) is 24.2. The lowest BCUT2D eigenvalue weighted by Crippen LogP contribution is -2.45. The van der Waals surface area contributed by atoms with Crippen LogP contribution < -0.4 is 9.47 Å². The fourth-order valence-electron chi connectivity index (χ4n) is 3.09. The van der Waals surface area contributed by atoms with E-state index in [1.54, 1.807) is 17.0 Å². The van der Waals surface area contributed by atoms with Gasteiger partial charge in [-0.25, -0.2) is 0 Å². The third kappa shape index (κ3) is 2.30. The van der Waals surface area contributed by atoms with Crippen LogP contribution in [0.15, 0.2) is 18.2 Å². The summed E-state index contributed by atoms with van der Waals surface area (Å²) in [5.41, 5.74) is 0.779. The zero-order valence-electron chi connectivity index (χ0n) is 11.7. The fraction of sp³-hybridized carbons (Fsp3) is 0.467. The summed E-state index contributed by atoms with van der Waals surface area (Å²) in [6.45, 7) is 2.52. The molecule has 112 valence electrons. The third-order valence-corrected chi connectivity index (χ3v) is 4.10. The molecular weight excluding hydrogens is 274 g/mol. The Bertz CT molecular complexity index is 583. The van der Waals surface area contributed by atoms with Gasteiger partial charge >= 0.3 is 5.97 Å². The first-order chi connectivity index (χ1) is 10.1. The number of carboxylic acid groups (broad SMARTS) is 1. The van der Waals surface area contributed by atoms with Crippen molar-refractivity contribution in [2.24, 2.45) is 5.92 Å². The van der Waals surface area contributed by atoms with Gasteiger partial charge in [-0.1, -0.05) is 6.07 Å². The molecule has 2 aliphatic rings. The van der Waals surface area contributed by atoms with Crippen molar-refractivity contribution in [3.63, 3.8) is 0 Å². The predicted molar refractivity (Wildman–Crippen MR) is 73.1 cm³/mol. The van der Waals surface area contributed by atoms with E-state index >= 15 is 0 Å². The molecule has 2 aliphatic heterocycles. The van der Waals surface area contributed by atoms with Gasteiger partial charge in [0.05, 0.1) is 12.0 Å². The van der Waals surface area contributed by atoms with Gasteiger partial charge in [-0.3, -0.25) is 9.59 Å².